The molecule has 23 heavy (non-hydrogen) atoms. The molecule has 1 fully saturated rings. The van der Waals surface area contributed by atoms with Crippen molar-refractivity contribution in [2.45, 2.75) is 25.5 Å². The van der Waals surface area contributed by atoms with Gasteiger partial charge in [0.05, 0.1) is 19.3 Å². The molecule has 1 saturated heterocycles. The molecule has 0 N–H and O–H groups in total. The van der Waals surface area contributed by atoms with Crippen LogP contribution in [0.25, 0.3) is 5.78 Å². The Balaban J connectivity index is 1.45. The third-order valence-corrected chi connectivity index (χ3v) is 4.13. The summed E-state index contributed by atoms with van der Waals surface area (Å²) in [6.45, 7) is 2.28. The van der Waals surface area contributed by atoms with Crippen LogP contribution in [-0.4, -0.2) is 43.8 Å². The monoisotopic (exact) mass is 310 g/mol. The standard InChI is InChI=1S/C16H18N6O/c1-3-13(9-17-6-1)10-23-11-14-4-2-8-21(14)15-5-7-18-16-19-12-20-22(15)16/h1,3,5-7,9,12,14H,2,4,8,10-11H2. The number of nitrogens with zero attached hydrogens (tertiary/aromatic N) is 6. The maximum Gasteiger partial charge on any atom is 0.254 e. The van der Waals surface area contributed by atoms with Crippen molar-refractivity contribution in [1.29, 1.82) is 0 Å². The van der Waals surface area contributed by atoms with Gasteiger partial charge in [-0.1, -0.05) is 6.07 Å². The summed E-state index contributed by atoms with van der Waals surface area (Å²) in [6.07, 6.45) is 9.20. The summed E-state index contributed by atoms with van der Waals surface area (Å²) in [7, 11) is 0. The fourth-order valence-corrected chi connectivity index (χ4v) is 3.05. The highest BCUT2D eigenvalue weighted by Crippen LogP contribution is 2.25. The summed E-state index contributed by atoms with van der Waals surface area (Å²) in [4.78, 5) is 14.8. The molecule has 3 aromatic rings. The molecule has 0 aliphatic carbocycles. The van der Waals surface area contributed by atoms with Gasteiger partial charge in [0.2, 0.25) is 0 Å². The van der Waals surface area contributed by atoms with E-state index in [9.17, 15) is 0 Å². The highest BCUT2D eigenvalue weighted by Gasteiger charge is 2.27. The fraction of sp³-hybridized carbons (Fsp3) is 0.375. The van der Waals surface area contributed by atoms with Crippen molar-refractivity contribution < 1.29 is 4.74 Å². The van der Waals surface area contributed by atoms with E-state index in [4.69, 9.17) is 4.74 Å². The summed E-state index contributed by atoms with van der Waals surface area (Å²) >= 11 is 0. The molecule has 1 aliphatic rings. The lowest BCUT2D eigenvalue weighted by Crippen LogP contribution is -2.34. The molecule has 0 bridgehead atoms. The van der Waals surface area contributed by atoms with Crippen LogP contribution in [0.3, 0.4) is 0 Å². The zero-order chi connectivity index (χ0) is 15.5. The molecule has 0 aromatic carbocycles. The second-order valence-electron chi connectivity index (χ2n) is 5.64. The van der Waals surface area contributed by atoms with E-state index in [0.29, 0.717) is 25.0 Å². The number of hydrogen-bond donors (Lipinski definition) is 0. The van der Waals surface area contributed by atoms with E-state index >= 15 is 0 Å². The molecular formula is C16H18N6O. The van der Waals surface area contributed by atoms with Gasteiger partial charge in [0.15, 0.2) is 0 Å². The zero-order valence-electron chi connectivity index (χ0n) is 12.7. The van der Waals surface area contributed by atoms with E-state index in [1.54, 1.807) is 16.9 Å². The van der Waals surface area contributed by atoms with Gasteiger partial charge in [0.1, 0.15) is 12.1 Å². The predicted molar refractivity (Wildman–Crippen MR) is 85.0 cm³/mol. The number of anilines is 1. The van der Waals surface area contributed by atoms with Gasteiger partial charge in [-0.3, -0.25) is 4.98 Å². The zero-order valence-corrected chi connectivity index (χ0v) is 12.7. The van der Waals surface area contributed by atoms with E-state index in [2.05, 4.69) is 25.0 Å². The molecule has 1 atom stereocenters. The molecule has 4 rings (SSSR count). The minimum atomic E-state index is 0.349. The van der Waals surface area contributed by atoms with E-state index < -0.39 is 0 Å². The lowest BCUT2D eigenvalue weighted by atomic mass is 10.2. The maximum atomic E-state index is 5.91. The molecule has 0 radical (unpaired) electrons. The lowest BCUT2D eigenvalue weighted by Gasteiger charge is -2.26. The van der Waals surface area contributed by atoms with Gasteiger partial charge in [0, 0.05) is 25.1 Å². The summed E-state index contributed by atoms with van der Waals surface area (Å²) in [5.41, 5.74) is 1.10. The number of pyridine rings is 1. The van der Waals surface area contributed by atoms with Crippen LogP contribution in [0.15, 0.2) is 43.1 Å². The lowest BCUT2D eigenvalue weighted by molar-refractivity contribution is 0.108. The summed E-state index contributed by atoms with van der Waals surface area (Å²) in [5.74, 6) is 1.66. The van der Waals surface area contributed by atoms with Crippen LogP contribution in [0.2, 0.25) is 0 Å². The first kappa shape index (κ1) is 14.1. The van der Waals surface area contributed by atoms with E-state index in [-0.39, 0.29) is 0 Å². The van der Waals surface area contributed by atoms with Gasteiger partial charge >= 0.3 is 0 Å². The molecule has 118 valence electrons. The van der Waals surface area contributed by atoms with Crippen LogP contribution in [0.5, 0.6) is 0 Å². The molecule has 1 unspecified atom stereocenters. The second-order valence-corrected chi connectivity index (χ2v) is 5.64. The Hall–Kier alpha value is -2.54. The van der Waals surface area contributed by atoms with Crippen LogP contribution in [0, 0.1) is 0 Å². The molecule has 0 spiro atoms. The third-order valence-electron chi connectivity index (χ3n) is 4.13. The number of aromatic nitrogens is 5. The maximum absolute atomic E-state index is 5.91. The normalized spacial score (nSPS) is 17.9. The summed E-state index contributed by atoms with van der Waals surface area (Å²) in [5, 5.41) is 4.28. The Labute approximate surface area is 134 Å². The van der Waals surface area contributed by atoms with Crippen LogP contribution in [-0.2, 0) is 11.3 Å². The SMILES string of the molecule is c1cncc(COCC2CCCN2c2ccnc3ncnn23)c1. The average molecular weight is 310 g/mol. The minimum absolute atomic E-state index is 0.349. The largest absolute Gasteiger partial charge is 0.375 e. The first-order chi connectivity index (χ1) is 11.4. The number of hydrogen-bond acceptors (Lipinski definition) is 6. The first-order valence-corrected chi connectivity index (χ1v) is 7.80. The summed E-state index contributed by atoms with van der Waals surface area (Å²) < 4.78 is 7.70. The third kappa shape index (κ3) is 2.87. The van der Waals surface area contributed by atoms with Crippen LogP contribution < -0.4 is 4.90 Å². The van der Waals surface area contributed by atoms with Gasteiger partial charge in [-0.15, -0.1) is 0 Å². The Morgan fingerprint density at radius 3 is 3.13 bits per heavy atom. The van der Waals surface area contributed by atoms with Crippen molar-refractivity contribution in [1.82, 2.24) is 24.6 Å². The second kappa shape index (κ2) is 6.29. The highest BCUT2D eigenvalue weighted by molar-refractivity contribution is 5.46. The Morgan fingerprint density at radius 1 is 1.22 bits per heavy atom. The quantitative estimate of drug-likeness (QED) is 0.714. The topological polar surface area (TPSA) is 68.4 Å². The molecule has 1 aliphatic heterocycles. The highest BCUT2D eigenvalue weighted by atomic mass is 16.5. The molecule has 0 amide bonds. The number of rotatable bonds is 5. The van der Waals surface area contributed by atoms with Crippen molar-refractivity contribution in [3.05, 3.63) is 48.7 Å². The fourth-order valence-electron chi connectivity index (χ4n) is 3.05. The van der Waals surface area contributed by atoms with E-state index in [1.165, 1.54) is 6.33 Å². The molecule has 3 aromatic heterocycles. The molecule has 4 heterocycles. The number of fused-ring (bicyclic) bond motifs is 1. The van der Waals surface area contributed by atoms with Gasteiger partial charge in [0.25, 0.3) is 5.78 Å². The molecular weight excluding hydrogens is 292 g/mol. The Bertz CT molecular complexity index is 774. The Kier molecular flexibility index (Phi) is 3.85. The first-order valence-electron chi connectivity index (χ1n) is 7.80. The number of ether oxygens (including phenoxy) is 1. The van der Waals surface area contributed by atoms with Gasteiger partial charge in [-0.25, -0.2) is 4.98 Å². The van der Waals surface area contributed by atoms with Crippen LogP contribution in [0.1, 0.15) is 18.4 Å². The van der Waals surface area contributed by atoms with Crippen molar-refractivity contribution >= 4 is 11.6 Å². The van der Waals surface area contributed by atoms with E-state index in [1.807, 2.05) is 24.4 Å². The smallest absolute Gasteiger partial charge is 0.254 e. The van der Waals surface area contributed by atoms with Crippen molar-refractivity contribution in [2.24, 2.45) is 0 Å². The van der Waals surface area contributed by atoms with Crippen LogP contribution >= 0.6 is 0 Å². The predicted octanol–water partition coefficient (Wildman–Crippen LogP) is 1.70. The summed E-state index contributed by atoms with van der Waals surface area (Å²) in [6, 6.07) is 6.29. The van der Waals surface area contributed by atoms with Crippen LogP contribution in [0.4, 0.5) is 5.82 Å². The van der Waals surface area contributed by atoms with E-state index in [0.717, 1.165) is 30.8 Å². The van der Waals surface area contributed by atoms with Crippen molar-refractivity contribution in [3.63, 3.8) is 0 Å². The molecule has 0 saturated carbocycles. The van der Waals surface area contributed by atoms with Gasteiger partial charge < -0.3 is 9.64 Å². The molecule has 7 nitrogen and oxygen atoms in total. The Morgan fingerprint density at radius 2 is 2.22 bits per heavy atom. The van der Waals surface area contributed by atoms with Gasteiger partial charge in [-0.05, 0) is 30.5 Å². The average Bonchev–Trinajstić information content (AvgIpc) is 3.24. The minimum Gasteiger partial charge on any atom is -0.375 e. The molecule has 7 heteroatoms. The van der Waals surface area contributed by atoms with Crippen molar-refractivity contribution in [2.75, 3.05) is 18.1 Å². The van der Waals surface area contributed by atoms with Gasteiger partial charge in [-0.2, -0.15) is 14.6 Å². The van der Waals surface area contributed by atoms with Crippen molar-refractivity contribution in [3.8, 4) is 0 Å².